The fraction of sp³-hybridized carbons (Fsp3) is 0.250. The molecule has 2 aromatic rings. The maximum atomic E-state index is 11.8. The first-order chi connectivity index (χ1) is 13.1. The number of hydrogen-bond acceptors (Lipinski definition) is 7. The zero-order chi connectivity index (χ0) is 19.5. The van der Waals surface area contributed by atoms with E-state index in [1.165, 1.54) is 12.1 Å². The van der Waals surface area contributed by atoms with E-state index in [-0.39, 0.29) is 32.0 Å². The number of benzene rings is 2. The molecule has 0 aliphatic carbocycles. The van der Waals surface area contributed by atoms with Gasteiger partial charge >= 0.3 is 11.9 Å². The van der Waals surface area contributed by atoms with Crippen molar-refractivity contribution in [3.05, 3.63) is 71.8 Å². The Hall–Kier alpha value is -3.03. The van der Waals surface area contributed by atoms with Gasteiger partial charge in [0.1, 0.15) is 13.2 Å². The van der Waals surface area contributed by atoms with Crippen LogP contribution in [0.1, 0.15) is 22.0 Å². The zero-order valence-corrected chi connectivity index (χ0v) is 14.6. The van der Waals surface area contributed by atoms with Crippen LogP contribution < -0.4 is 0 Å². The lowest BCUT2D eigenvalue weighted by Crippen LogP contribution is -2.21. The summed E-state index contributed by atoms with van der Waals surface area (Å²) in [6.07, 6.45) is -1.35. The largest absolute Gasteiger partial charge is 0.461 e. The van der Waals surface area contributed by atoms with Gasteiger partial charge in [-0.3, -0.25) is 4.79 Å². The van der Waals surface area contributed by atoms with Gasteiger partial charge in [-0.1, -0.05) is 60.7 Å². The van der Waals surface area contributed by atoms with Gasteiger partial charge in [-0.2, -0.15) is 0 Å². The van der Waals surface area contributed by atoms with E-state index < -0.39 is 23.8 Å². The number of aliphatic hydroxyl groups is 1. The Balaban J connectivity index is 1.56. The van der Waals surface area contributed by atoms with Crippen LogP contribution >= 0.6 is 0 Å². The number of carbonyl (C=O) groups is 3. The van der Waals surface area contributed by atoms with Crippen LogP contribution in [0.4, 0.5) is 0 Å². The summed E-state index contributed by atoms with van der Waals surface area (Å²) in [4.78, 5) is 35.1. The number of aliphatic hydroxyl groups excluding tert-OH is 1. The highest BCUT2D eigenvalue weighted by atomic mass is 16.6. The quantitative estimate of drug-likeness (QED) is 0.293. The van der Waals surface area contributed by atoms with Crippen LogP contribution in [0.2, 0.25) is 0 Å². The Labute approximate surface area is 156 Å². The SMILES string of the molecule is O=C(OCCOCCOC(=O)C(O)c1ccccc1)C(=O)c1ccccc1. The normalized spacial score (nSPS) is 11.4. The minimum atomic E-state index is -1.35. The number of ether oxygens (including phenoxy) is 3. The Kier molecular flexibility index (Phi) is 8.15. The van der Waals surface area contributed by atoms with E-state index in [0.29, 0.717) is 5.56 Å². The molecule has 0 aromatic heterocycles. The molecule has 1 unspecified atom stereocenters. The standard InChI is InChI=1S/C20H20O7/c21-17(15-7-3-1-4-8-15)19(23)26-13-11-25-12-14-27-20(24)18(22)16-9-5-2-6-10-16/h1-10,17,21H,11-14H2. The first-order valence-electron chi connectivity index (χ1n) is 8.33. The van der Waals surface area contributed by atoms with Gasteiger partial charge < -0.3 is 19.3 Å². The van der Waals surface area contributed by atoms with Gasteiger partial charge in [-0.15, -0.1) is 0 Å². The van der Waals surface area contributed by atoms with Crippen molar-refractivity contribution in [1.82, 2.24) is 0 Å². The van der Waals surface area contributed by atoms with Crippen molar-refractivity contribution in [1.29, 1.82) is 0 Å². The Morgan fingerprint density at radius 1 is 0.778 bits per heavy atom. The number of ketones is 1. The predicted molar refractivity (Wildman–Crippen MR) is 94.9 cm³/mol. The highest BCUT2D eigenvalue weighted by Gasteiger charge is 2.19. The van der Waals surface area contributed by atoms with Crippen molar-refractivity contribution < 1.29 is 33.7 Å². The van der Waals surface area contributed by atoms with Gasteiger partial charge in [-0.05, 0) is 5.56 Å². The summed E-state index contributed by atoms with van der Waals surface area (Å²) in [5, 5.41) is 9.83. The molecule has 0 aliphatic heterocycles. The fourth-order valence-corrected chi connectivity index (χ4v) is 2.12. The molecule has 1 atom stereocenters. The van der Waals surface area contributed by atoms with E-state index in [4.69, 9.17) is 14.2 Å². The monoisotopic (exact) mass is 372 g/mol. The molecule has 0 radical (unpaired) electrons. The van der Waals surface area contributed by atoms with Gasteiger partial charge in [0.2, 0.25) is 0 Å². The van der Waals surface area contributed by atoms with Crippen molar-refractivity contribution in [2.45, 2.75) is 6.10 Å². The lowest BCUT2D eigenvalue weighted by atomic mass is 10.1. The van der Waals surface area contributed by atoms with E-state index in [1.54, 1.807) is 48.5 Å². The fourth-order valence-electron chi connectivity index (χ4n) is 2.12. The molecular weight excluding hydrogens is 352 g/mol. The van der Waals surface area contributed by atoms with Crippen molar-refractivity contribution in [2.24, 2.45) is 0 Å². The van der Waals surface area contributed by atoms with Crippen LogP contribution in [0.25, 0.3) is 0 Å². The van der Waals surface area contributed by atoms with Crippen molar-refractivity contribution in [2.75, 3.05) is 26.4 Å². The van der Waals surface area contributed by atoms with Crippen LogP contribution in [0.3, 0.4) is 0 Å². The number of esters is 2. The van der Waals surface area contributed by atoms with E-state index >= 15 is 0 Å². The minimum absolute atomic E-state index is 0.0482. The van der Waals surface area contributed by atoms with Crippen LogP contribution in [-0.4, -0.2) is 49.3 Å². The number of hydrogen-bond donors (Lipinski definition) is 1. The van der Waals surface area contributed by atoms with E-state index in [0.717, 1.165) is 0 Å². The topological polar surface area (TPSA) is 99.1 Å². The molecule has 7 heteroatoms. The molecule has 0 saturated carbocycles. The smallest absolute Gasteiger partial charge is 0.379 e. The molecule has 0 heterocycles. The summed E-state index contributed by atoms with van der Waals surface area (Å²) in [5.74, 6) is -2.45. The maximum absolute atomic E-state index is 11.8. The van der Waals surface area contributed by atoms with Crippen molar-refractivity contribution in [3.63, 3.8) is 0 Å². The molecule has 0 spiro atoms. The summed E-state index contributed by atoms with van der Waals surface area (Å²) in [5.41, 5.74) is 0.700. The zero-order valence-electron chi connectivity index (χ0n) is 14.6. The number of rotatable bonds is 10. The summed E-state index contributed by atoms with van der Waals surface area (Å²) in [7, 11) is 0. The van der Waals surface area contributed by atoms with Gasteiger partial charge in [0.25, 0.3) is 5.78 Å². The third-order valence-electron chi connectivity index (χ3n) is 3.49. The molecule has 2 rings (SSSR count). The summed E-state index contributed by atoms with van der Waals surface area (Å²) < 4.78 is 14.9. The molecule has 7 nitrogen and oxygen atoms in total. The summed E-state index contributed by atoms with van der Waals surface area (Å²) in [6, 6.07) is 16.5. The lowest BCUT2D eigenvalue weighted by Gasteiger charge is -2.11. The number of Topliss-reactive ketones (excluding diaryl/α,β-unsaturated/α-hetero) is 1. The van der Waals surface area contributed by atoms with Gasteiger partial charge in [0.15, 0.2) is 6.10 Å². The molecule has 27 heavy (non-hydrogen) atoms. The molecule has 2 aromatic carbocycles. The molecule has 0 aliphatic rings. The molecule has 0 bridgehead atoms. The molecule has 142 valence electrons. The Morgan fingerprint density at radius 3 is 1.96 bits per heavy atom. The predicted octanol–water partition coefficient (Wildman–Crippen LogP) is 1.71. The van der Waals surface area contributed by atoms with Crippen LogP contribution in [0.15, 0.2) is 60.7 Å². The molecule has 0 fully saturated rings. The molecule has 0 amide bonds. The third-order valence-corrected chi connectivity index (χ3v) is 3.49. The first kappa shape index (κ1) is 20.3. The maximum Gasteiger partial charge on any atom is 0.379 e. The first-order valence-corrected chi connectivity index (χ1v) is 8.33. The van der Waals surface area contributed by atoms with Crippen LogP contribution in [0, 0.1) is 0 Å². The van der Waals surface area contributed by atoms with Crippen LogP contribution in [0.5, 0.6) is 0 Å². The highest BCUT2D eigenvalue weighted by Crippen LogP contribution is 2.13. The highest BCUT2D eigenvalue weighted by molar-refractivity contribution is 6.40. The second-order valence-corrected chi connectivity index (χ2v) is 5.42. The van der Waals surface area contributed by atoms with Gasteiger partial charge in [-0.25, -0.2) is 9.59 Å². The van der Waals surface area contributed by atoms with Crippen molar-refractivity contribution in [3.8, 4) is 0 Å². The van der Waals surface area contributed by atoms with E-state index in [1.807, 2.05) is 0 Å². The second kappa shape index (κ2) is 10.8. The number of carbonyl (C=O) groups excluding carboxylic acids is 3. The Morgan fingerprint density at radius 2 is 1.33 bits per heavy atom. The average molecular weight is 372 g/mol. The third kappa shape index (κ3) is 6.65. The minimum Gasteiger partial charge on any atom is -0.461 e. The van der Waals surface area contributed by atoms with Gasteiger partial charge in [0.05, 0.1) is 13.2 Å². The van der Waals surface area contributed by atoms with Gasteiger partial charge in [0, 0.05) is 5.56 Å². The van der Waals surface area contributed by atoms with Crippen LogP contribution in [-0.2, 0) is 23.8 Å². The molecule has 0 saturated heterocycles. The Bertz CT molecular complexity index is 743. The summed E-state index contributed by atoms with van der Waals surface area (Å²) >= 11 is 0. The average Bonchev–Trinajstić information content (AvgIpc) is 2.72. The van der Waals surface area contributed by atoms with Crippen molar-refractivity contribution >= 4 is 17.7 Å². The van der Waals surface area contributed by atoms with E-state index in [9.17, 15) is 19.5 Å². The van der Waals surface area contributed by atoms with E-state index in [2.05, 4.69) is 0 Å². The molecule has 1 N–H and O–H groups in total. The molecular formula is C20H20O7. The summed E-state index contributed by atoms with van der Waals surface area (Å²) in [6.45, 7) is -0.0400. The second-order valence-electron chi connectivity index (χ2n) is 5.42. The lowest BCUT2D eigenvalue weighted by molar-refractivity contribution is -0.155.